The number of carbonyl (C=O) groups excluding carboxylic acids is 2. The molecule has 0 bridgehead atoms. The number of amides is 2. The van der Waals surface area contributed by atoms with Gasteiger partial charge in [-0.15, -0.1) is 0 Å². The fourth-order valence-electron chi connectivity index (χ4n) is 2.69. The van der Waals surface area contributed by atoms with Crippen LogP contribution in [0.3, 0.4) is 0 Å². The molecule has 22 heavy (non-hydrogen) atoms. The molecule has 3 heterocycles. The molecular formula is C15H20N4O3. The highest BCUT2D eigenvalue weighted by atomic mass is 16.6. The van der Waals surface area contributed by atoms with Crippen LogP contribution in [0.2, 0.25) is 0 Å². The minimum atomic E-state index is -0.544. The Bertz CT molecular complexity index is 611. The number of anilines is 2. The Balaban J connectivity index is 1.77. The zero-order valence-electron chi connectivity index (χ0n) is 13.0. The topological polar surface area (TPSA) is 74.8 Å². The number of hydrogen-bond acceptors (Lipinski definition) is 5. The molecule has 7 nitrogen and oxygen atoms in total. The molecule has 0 saturated carbocycles. The van der Waals surface area contributed by atoms with Crippen LogP contribution in [-0.2, 0) is 9.53 Å². The van der Waals surface area contributed by atoms with E-state index in [0.717, 1.165) is 11.5 Å². The van der Waals surface area contributed by atoms with Crippen LogP contribution in [-0.4, -0.2) is 53.2 Å². The first kappa shape index (κ1) is 14.6. The van der Waals surface area contributed by atoms with Gasteiger partial charge >= 0.3 is 6.09 Å². The lowest BCUT2D eigenvalue weighted by atomic mass is 10.1. The summed E-state index contributed by atoms with van der Waals surface area (Å²) in [6.45, 7) is 6.85. The van der Waals surface area contributed by atoms with E-state index in [4.69, 9.17) is 4.74 Å². The Morgan fingerprint density at radius 2 is 2.18 bits per heavy atom. The van der Waals surface area contributed by atoms with E-state index in [1.807, 2.05) is 31.7 Å². The number of aromatic nitrogens is 1. The zero-order chi connectivity index (χ0) is 15.9. The molecule has 1 unspecified atom stereocenters. The van der Waals surface area contributed by atoms with E-state index in [1.54, 1.807) is 17.2 Å². The number of pyridine rings is 1. The van der Waals surface area contributed by atoms with Crippen LogP contribution in [0, 0.1) is 0 Å². The molecule has 0 aliphatic carbocycles. The molecule has 1 saturated heterocycles. The van der Waals surface area contributed by atoms with Crippen LogP contribution in [0.5, 0.6) is 0 Å². The van der Waals surface area contributed by atoms with E-state index in [0.29, 0.717) is 19.6 Å². The maximum absolute atomic E-state index is 12.3. The molecule has 118 valence electrons. The van der Waals surface area contributed by atoms with E-state index in [-0.39, 0.29) is 12.0 Å². The van der Waals surface area contributed by atoms with Gasteiger partial charge in [0.15, 0.2) is 5.82 Å². The maximum Gasteiger partial charge on any atom is 0.410 e. The van der Waals surface area contributed by atoms with Gasteiger partial charge in [-0.1, -0.05) is 0 Å². The van der Waals surface area contributed by atoms with Crippen LogP contribution in [0.25, 0.3) is 0 Å². The molecule has 7 heteroatoms. The molecule has 1 N–H and O–H groups in total. The highest BCUT2D eigenvalue weighted by Gasteiger charge is 2.40. The third-order valence-corrected chi connectivity index (χ3v) is 3.65. The Kier molecular flexibility index (Phi) is 3.42. The molecule has 1 aromatic rings. The Morgan fingerprint density at radius 1 is 1.41 bits per heavy atom. The van der Waals surface area contributed by atoms with Crippen molar-refractivity contribution in [2.75, 3.05) is 29.9 Å². The third-order valence-electron chi connectivity index (χ3n) is 3.65. The number of fused-ring (bicyclic) bond motifs is 3. The van der Waals surface area contributed by atoms with Gasteiger partial charge in [-0.05, 0) is 32.9 Å². The van der Waals surface area contributed by atoms with Crippen molar-refractivity contribution in [1.82, 2.24) is 9.88 Å². The predicted octanol–water partition coefficient (Wildman–Crippen LogP) is 1.46. The van der Waals surface area contributed by atoms with Gasteiger partial charge in [0.25, 0.3) is 0 Å². The second-order valence-electron chi connectivity index (χ2n) is 6.50. The second kappa shape index (κ2) is 5.15. The van der Waals surface area contributed by atoms with Crippen LogP contribution in [0.1, 0.15) is 20.8 Å². The second-order valence-corrected chi connectivity index (χ2v) is 6.50. The van der Waals surface area contributed by atoms with E-state index in [9.17, 15) is 9.59 Å². The lowest BCUT2D eigenvalue weighted by molar-refractivity contribution is -0.118. The van der Waals surface area contributed by atoms with E-state index in [2.05, 4.69) is 10.3 Å². The number of hydrogen-bond donors (Lipinski definition) is 1. The van der Waals surface area contributed by atoms with Gasteiger partial charge in [0, 0.05) is 19.3 Å². The van der Waals surface area contributed by atoms with Crippen molar-refractivity contribution in [2.45, 2.75) is 32.4 Å². The fraction of sp³-hybridized carbons (Fsp3) is 0.533. The fourth-order valence-corrected chi connectivity index (χ4v) is 2.69. The lowest BCUT2D eigenvalue weighted by Gasteiger charge is -2.44. The molecule has 0 radical (unpaired) electrons. The quantitative estimate of drug-likeness (QED) is 0.785. The van der Waals surface area contributed by atoms with Crippen molar-refractivity contribution in [3.8, 4) is 0 Å². The number of nitrogens with one attached hydrogen (secondary N) is 1. The number of carbonyl (C=O) groups is 2. The van der Waals surface area contributed by atoms with Crippen LogP contribution in [0.15, 0.2) is 18.3 Å². The van der Waals surface area contributed by atoms with Gasteiger partial charge in [0.1, 0.15) is 11.6 Å². The molecule has 2 amide bonds. The van der Waals surface area contributed by atoms with E-state index >= 15 is 0 Å². The van der Waals surface area contributed by atoms with Crippen LogP contribution < -0.4 is 10.2 Å². The zero-order valence-corrected chi connectivity index (χ0v) is 13.0. The summed E-state index contributed by atoms with van der Waals surface area (Å²) in [5.41, 5.74) is 0.173. The predicted molar refractivity (Wildman–Crippen MR) is 81.8 cm³/mol. The molecular weight excluding hydrogens is 284 g/mol. The average molecular weight is 304 g/mol. The summed E-state index contributed by atoms with van der Waals surface area (Å²) in [6, 6.07) is 3.19. The SMILES string of the molecule is CC(C)(C)OC(=O)N1CCN2c3ncccc3NC(=O)C2C1. The van der Waals surface area contributed by atoms with Crippen molar-refractivity contribution in [3.05, 3.63) is 18.3 Å². The van der Waals surface area contributed by atoms with Gasteiger partial charge in [-0.2, -0.15) is 0 Å². The highest BCUT2D eigenvalue weighted by Crippen LogP contribution is 2.31. The minimum absolute atomic E-state index is 0.117. The summed E-state index contributed by atoms with van der Waals surface area (Å²) in [7, 11) is 0. The Hall–Kier alpha value is -2.31. The van der Waals surface area contributed by atoms with Gasteiger partial charge in [-0.3, -0.25) is 4.79 Å². The van der Waals surface area contributed by atoms with Crippen molar-refractivity contribution < 1.29 is 14.3 Å². The van der Waals surface area contributed by atoms with Crippen molar-refractivity contribution >= 4 is 23.5 Å². The van der Waals surface area contributed by atoms with Crippen LogP contribution >= 0.6 is 0 Å². The van der Waals surface area contributed by atoms with Crippen LogP contribution in [0.4, 0.5) is 16.3 Å². The standard InChI is InChI=1S/C15H20N4O3/c1-15(2,3)22-14(21)18-7-8-19-11(9-18)13(20)17-10-5-4-6-16-12(10)19/h4-6,11H,7-9H2,1-3H3,(H,17,20). The third kappa shape index (κ3) is 2.70. The van der Waals surface area contributed by atoms with Crippen molar-refractivity contribution in [3.63, 3.8) is 0 Å². The number of rotatable bonds is 0. The summed E-state index contributed by atoms with van der Waals surface area (Å²) in [5, 5.41) is 2.84. The summed E-state index contributed by atoms with van der Waals surface area (Å²) in [4.78, 5) is 32.3. The highest BCUT2D eigenvalue weighted by molar-refractivity contribution is 6.03. The number of ether oxygens (including phenoxy) is 1. The smallest absolute Gasteiger partial charge is 0.410 e. The average Bonchev–Trinajstić information content (AvgIpc) is 2.45. The first-order chi connectivity index (χ1) is 10.3. The molecule has 3 rings (SSSR count). The molecule has 1 atom stereocenters. The molecule has 1 aromatic heterocycles. The monoisotopic (exact) mass is 304 g/mol. The van der Waals surface area contributed by atoms with Gasteiger partial charge in [0.2, 0.25) is 5.91 Å². The first-order valence-electron chi connectivity index (χ1n) is 7.35. The number of nitrogens with zero attached hydrogens (tertiary/aromatic N) is 3. The first-order valence-corrected chi connectivity index (χ1v) is 7.35. The molecule has 2 aliphatic rings. The van der Waals surface area contributed by atoms with Gasteiger partial charge < -0.3 is 19.9 Å². The molecule has 0 spiro atoms. The molecule has 1 fully saturated rings. The Labute approximate surface area is 129 Å². The molecule has 0 aromatic carbocycles. The summed E-state index contributed by atoms with van der Waals surface area (Å²) in [5.74, 6) is 0.643. The van der Waals surface area contributed by atoms with Crippen molar-refractivity contribution in [1.29, 1.82) is 0 Å². The summed E-state index contributed by atoms with van der Waals surface area (Å²) < 4.78 is 5.38. The Morgan fingerprint density at radius 3 is 2.91 bits per heavy atom. The van der Waals surface area contributed by atoms with E-state index in [1.165, 1.54) is 0 Å². The normalized spacial score (nSPS) is 20.9. The largest absolute Gasteiger partial charge is 0.444 e. The summed E-state index contributed by atoms with van der Waals surface area (Å²) >= 11 is 0. The maximum atomic E-state index is 12.3. The molecule has 2 aliphatic heterocycles. The minimum Gasteiger partial charge on any atom is -0.444 e. The van der Waals surface area contributed by atoms with Gasteiger partial charge in [-0.25, -0.2) is 9.78 Å². The summed E-state index contributed by atoms with van der Waals surface area (Å²) in [6.07, 6.45) is 1.32. The lowest BCUT2D eigenvalue weighted by Crippen LogP contribution is -2.61. The van der Waals surface area contributed by atoms with Crippen molar-refractivity contribution in [2.24, 2.45) is 0 Å². The van der Waals surface area contributed by atoms with E-state index < -0.39 is 11.6 Å². The van der Waals surface area contributed by atoms with Gasteiger partial charge in [0.05, 0.1) is 12.2 Å². The number of piperazine rings is 1.